The maximum Gasteiger partial charge on any atom is 0.317 e. The molecule has 2 N–H and O–H groups in total. The van der Waals surface area contributed by atoms with Crippen LogP contribution in [0.4, 0.5) is 4.79 Å². The van der Waals surface area contributed by atoms with Crippen molar-refractivity contribution in [1.82, 2.24) is 20.4 Å². The summed E-state index contributed by atoms with van der Waals surface area (Å²) in [7, 11) is 0. The van der Waals surface area contributed by atoms with Gasteiger partial charge in [0.1, 0.15) is 0 Å². The monoisotopic (exact) mass is 296 g/mol. The number of piperidine rings is 1. The molecule has 1 aromatic heterocycles. The summed E-state index contributed by atoms with van der Waals surface area (Å²) in [5, 5.41) is 15.8. The summed E-state index contributed by atoms with van der Waals surface area (Å²) < 4.78 is 5.13. The van der Waals surface area contributed by atoms with E-state index < -0.39 is 0 Å². The van der Waals surface area contributed by atoms with Crippen molar-refractivity contribution in [3.63, 3.8) is 0 Å². The first-order valence-electron chi connectivity index (χ1n) is 7.56. The zero-order chi connectivity index (χ0) is 15.2. The van der Waals surface area contributed by atoms with E-state index in [1.165, 1.54) is 0 Å². The number of hydrogen-bond donors (Lipinski definition) is 2. The van der Waals surface area contributed by atoms with E-state index in [2.05, 4.69) is 15.5 Å². The van der Waals surface area contributed by atoms with Gasteiger partial charge in [0, 0.05) is 38.6 Å². The van der Waals surface area contributed by atoms with Crippen LogP contribution in [0.25, 0.3) is 0 Å². The Morgan fingerprint density at radius 3 is 2.76 bits per heavy atom. The third-order valence-corrected chi connectivity index (χ3v) is 3.78. The van der Waals surface area contributed by atoms with Gasteiger partial charge < -0.3 is 19.8 Å². The fraction of sp³-hybridized carbons (Fsp3) is 0.786. The number of carbonyl (C=O) groups excluding carboxylic acids is 1. The Morgan fingerprint density at radius 2 is 2.19 bits per heavy atom. The van der Waals surface area contributed by atoms with Gasteiger partial charge in [0.25, 0.3) is 0 Å². The number of urea groups is 1. The minimum absolute atomic E-state index is 0.0602. The van der Waals surface area contributed by atoms with Gasteiger partial charge in [0.15, 0.2) is 5.82 Å². The van der Waals surface area contributed by atoms with Gasteiger partial charge in [-0.15, -0.1) is 0 Å². The molecule has 1 aliphatic heterocycles. The van der Waals surface area contributed by atoms with Gasteiger partial charge in [-0.05, 0) is 18.8 Å². The molecule has 118 valence electrons. The van der Waals surface area contributed by atoms with Crippen LogP contribution in [-0.4, -0.2) is 52.4 Å². The maximum atomic E-state index is 12.0. The van der Waals surface area contributed by atoms with Crippen LogP contribution < -0.4 is 5.32 Å². The summed E-state index contributed by atoms with van der Waals surface area (Å²) in [5.41, 5.74) is 0. The fourth-order valence-corrected chi connectivity index (χ4v) is 2.31. The highest BCUT2D eigenvalue weighted by Gasteiger charge is 2.22. The SMILES string of the molecule is CC(C)c1noc(CCNC(=O)N2CCC(CO)CC2)n1. The molecule has 2 rings (SSSR count). The van der Waals surface area contributed by atoms with Crippen molar-refractivity contribution < 1.29 is 14.4 Å². The highest BCUT2D eigenvalue weighted by Crippen LogP contribution is 2.16. The van der Waals surface area contributed by atoms with Gasteiger partial charge in [-0.3, -0.25) is 0 Å². The number of rotatable bonds is 5. The minimum atomic E-state index is -0.0602. The molecule has 0 bridgehead atoms. The molecule has 0 radical (unpaired) electrons. The van der Waals surface area contributed by atoms with Crippen molar-refractivity contribution in [2.24, 2.45) is 5.92 Å². The van der Waals surface area contributed by atoms with Crippen LogP contribution in [0, 0.1) is 5.92 Å². The number of hydrogen-bond acceptors (Lipinski definition) is 5. The lowest BCUT2D eigenvalue weighted by Gasteiger charge is -2.31. The number of aliphatic hydroxyl groups is 1. The van der Waals surface area contributed by atoms with Gasteiger partial charge >= 0.3 is 6.03 Å². The first-order chi connectivity index (χ1) is 10.1. The van der Waals surface area contributed by atoms with E-state index in [1.54, 1.807) is 4.90 Å². The molecule has 1 fully saturated rings. The first-order valence-corrected chi connectivity index (χ1v) is 7.56. The van der Waals surface area contributed by atoms with Crippen molar-refractivity contribution in [2.75, 3.05) is 26.2 Å². The van der Waals surface area contributed by atoms with E-state index in [0.29, 0.717) is 43.7 Å². The molecule has 0 saturated carbocycles. The molecule has 0 unspecified atom stereocenters. The van der Waals surface area contributed by atoms with Gasteiger partial charge in [0.05, 0.1) is 0 Å². The number of amides is 2. The van der Waals surface area contributed by atoms with E-state index in [-0.39, 0.29) is 18.6 Å². The third kappa shape index (κ3) is 4.42. The normalized spacial score (nSPS) is 16.5. The van der Waals surface area contributed by atoms with Crippen LogP contribution in [0.15, 0.2) is 4.52 Å². The van der Waals surface area contributed by atoms with Crippen molar-refractivity contribution >= 4 is 6.03 Å². The molecular formula is C14H24N4O3. The molecule has 21 heavy (non-hydrogen) atoms. The van der Waals surface area contributed by atoms with Crippen LogP contribution in [0.3, 0.4) is 0 Å². The second kappa shape index (κ2) is 7.40. The topological polar surface area (TPSA) is 91.5 Å². The molecule has 0 aliphatic carbocycles. The number of nitrogens with zero attached hydrogens (tertiary/aromatic N) is 3. The van der Waals surface area contributed by atoms with E-state index in [4.69, 9.17) is 9.63 Å². The second-order valence-corrected chi connectivity index (χ2v) is 5.80. The highest BCUT2D eigenvalue weighted by atomic mass is 16.5. The predicted molar refractivity (Wildman–Crippen MR) is 76.9 cm³/mol. The summed E-state index contributed by atoms with van der Waals surface area (Å²) >= 11 is 0. The lowest BCUT2D eigenvalue weighted by atomic mass is 9.98. The van der Waals surface area contributed by atoms with Crippen LogP contribution in [0.5, 0.6) is 0 Å². The number of likely N-dealkylation sites (tertiary alicyclic amines) is 1. The summed E-state index contributed by atoms with van der Waals surface area (Å²) in [4.78, 5) is 18.0. The van der Waals surface area contributed by atoms with E-state index in [1.807, 2.05) is 13.8 Å². The number of aliphatic hydroxyl groups excluding tert-OH is 1. The summed E-state index contributed by atoms with van der Waals surface area (Å²) in [5.74, 6) is 1.83. The summed E-state index contributed by atoms with van der Waals surface area (Å²) in [6.07, 6.45) is 2.27. The smallest absolute Gasteiger partial charge is 0.317 e. The average molecular weight is 296 g/mol. The molecule has 1 aromatic rings. The second-order valence-electron chi connectivity index (χ2n) is 5.80. The molecule has 0 atom stereocenters. The molecule has 7 heteroatoms. The molecule has 1 aliphatic rings. The number of aromatic nitrogens is 2. The zero-order valence-corrected chi connectivity index (χ0v) is 12.7. The van der Waals surface area contributed by atoms with Crippen molar-refractivity contribution in [3.8, 4) is 0 Å². The van der Waals surface area contributed by atoms with Gasteiger partial charge in [-0.25, -0.2) is 4.79 Å². The Kier molecular flexibility index (Phi) is 5.55. The molecular weight excluding hydrogens is 272 g/mol. The molecule has 1 saturated heterocycles. The Balaban J connectivity index is 1.69. The largest absolute Gasteiger partial charge is 0.396 e. The molecule has 0 aromatic carbocycles. The Bertz CT molecular complexity index is 453. The third-order valence-electron chi connectivity index (χ3n) is 3.78. The van der Waals surface area contributed by atoms with Crippen molar-refractivity contribution in [2.45, 2.75) is 39.0 Å². The van der Waals surface area contributed by atoms with Crippen LogP contribution in [0.2, 0.25) is 0 Å². The predicted octanol–water partition coefficient (Wildman–Crippen LogP) is 1.15. The van der Waals surface area contributed by atoms with Crippen LogP contribution in [0.1, 0.15) is 44.3 Å². The van der Waals surface area contributed by atoms with Crippen molar-refractivity contribution in [3.05, 3.63) is 11.7 Å². The van der Waals surface area contributed by atoms with Gasteiger partial charge in [-0.2, -0.15) is 4.98 Å². The molecule has 2 heterocycles. The minimum Gasteiger partial charge on any atom is -0.396 e. The highest BCUT2D eigenvalue weighted by molar-refractivity contribution is 5.74. The van der Waals surface area contributed by atoms with Crippen molar-refractivity contribution in [1.29, 1.82) is 0 Å². The lowest BCUT2D eigenvalue weighted by molar-refractivity contribution is 0.137. The Morgan fingerprint density at radius 1 is 1.48 bits per heavy atom. The van der Waals surface area contributed by atoms with E-state index in [9.17, 15) is 4.79 Å². The van der Waals surface area contributed by atoms with Gasteiger partial charge in [0.2, 0.25) is 5.89 Å². The molecule has 0 spiro atoms. The van der Waals surface area contributed by atoms with E-state index in [0.717, 1.165) is 12.8 Å². The standard InChI is InChI=1S/C14H24N4O3/c1-10(2)13-16-12(21-17-13)3-6-15-14(20)18-7-4-11(9-19)5-8-18/h10-11,19H,3-9H2,1-2H3,(H,15,20). The summed E-state index contributed by atoms with van der Waals surface area (Å²) in [6, 6.07) is -0.0602. The Hall–Kier alpha value is -1.63. The first kappa shape index (κ1) is 15.8. The number of nitrogens with one attached hydrogen (secondary N) is 1. The zero-order valence-electron chi connectivity index (χ0n) is 12.7. The maximum absolute atomic E-state index is 12.0. The lowest BCUT2D eigenvalue weighted by Crippen LogP contribution is -2.45. The molecule has 2 amide bonds. The fourth-order valence-electron chi connectivity index (χ4n) is 2.31. The van der Waals surface area contributed by atoms with Gasteiger partial charge in [-0.1, -0.05) is 19.0 Å². The van der Waals surface area contributed by atoms with Crippen LogP contribution >= 0.6 is 0 Å². The Labute approximate surface area is 124 Å². The van der Waals surface area contributed by atoms with Crippen LogP contribution in [-0.2, 0) is 6.42 Å². The van der Waals surface area contributed by atoms with E-state index >= 15 is 0 Å². The number of carbonyl (C=O) groups is 1. The quantitative estimate of drug-likeness (QED) is 0.850. The average Bonchev–Trinajstić information content (AvgIpc) is 2.96. The summed E-state index contributed by atoms with van der Waals surface area (Å²) in [6.45, 7) is 6.12. The molecule has 7 nitrogen and oxygen atoms in total.